The lowest BCUT2D eigenvalue weighted by Crippen LogP contribution is -1.97. The van der Waals surface area contributed by atoms with Crippen LogP contribution in [0.4, 0.5) is 0 Å². The number of rotatable bonds is 0. The summed E-state index contributed by atoms with van der Waals surface area (Å²) in [5, 5.41) is 10.6. The Morgan fingerprint density at radius 2 is 2.22 bits per heavy atom. The molecule has 0 spiro atoms. The largest absolute Gasteiger partial charge is 0.293 e. The van der Waals surface area contributed by atoms with Gasteiger partial charge in [-0.25, -0.2) is 0 Å². The van der Waals surface area contributed by atoms with E-state index in [0.29, 0.717) is 0 Å². The van der Waals surface area contributed by atoms with Gasteiger partial charge in [-0.1, -0.05) is 4.52 Å². The summed E-state index contributed by atoms with van der Waals surface area (Å²) in [6.07, 6.45) is 1.07. The maximum absolute atomic E-state index is 10.4. The number of sulfonamides is 1. The van der Waals surface area contributed by atoms with Crippen molar-refractivity contribution in [2.45, 2.75) is 0 Å². The monoisotopic (exact) mass is 145 g/mol. The fourth-order valence-corrected chi connectivity index (χ4v) is 0.869. The summed E-state index contributed by atoms with van der Waals surface area (Å²) in [6.45, 7) is 0. The van der Waals surface area contributed by atoms with E-state index in [9.17, 15) is 8.42 Å². The molecule has 1 aliphatic rings. The molecule has 0 unspecified atom stereocenters. The Kier molecular flexibility index (Phi) is 1.17. The van der Waals surface area contributed by atoms with Crippen molar-refractivity contribution in [2.75, 3.05) is 0 Å². The van der Waals surface area contributed by atoms with Crippen molar-refractivity contribution in [3.05, 3.63) is 11.5 Å². The molecule has 6 heteroatoms. The van der Waals surface area contributed by atoms with E-state index < -0.39 is 10.0 Å². The van der Waals surface area contributed by atoms with Gasteiger partial charge in [-0.15, -0.1) is 5.11 Å². The lowest BCUT2D eigenvalue weighted by atomic mass is 10.6. The molecule has 5 nitrogen and oxygen atoms in total. The van der Waals surface area contributed by atoms with E-state index in [4.69, 9.17) is 5.41 Å². The summed E-state index contributed by atoms with van der Waals surface area (Å²) in [5.74, 6) is -0.148. The lowest BCUT2D eigenvalue weighted by molar-refractivity contribution is 0.604. The minimum Gasteiger partial charge on any atom is -0.281 e. The first-order valence-corrected chi connectivity index (χ1v) is 3.55. The van der Waals surface area contributed by atoms with Crippen LogP contribution in [0.15, 0.2) is 21.1 Å². The summed E-state index contributed by atoms with van der Waals surface area (Å²) in [4.78, 5) is 0. The Morgan fingerprint density at radius 1 is 1.56 bits per heavy atom. The molecule has 0 saturated heterocycles. The van der Waals surface area contributed by atoms with Gasteiger partial charge in [-0.05, 0) is 6.08 Å². The number of nitrogens with zero attached hydrogens (tertiary/aromatic N) is 2. The average Bonchev–Trinajstić information content (AvgIpc) is 1.78. The van der Waals surface area contributed by atoms with E-state index in [1.807, 2.05) is 0 Å². The van der Waals surface area contributed by atoms with E-state index in [-0.39, 0.29) is 5.84 Å². The molecule has 0 aromatic heterocycles. The molecule has 0 atom stereocenters. The summed E-state index contributed by atoms with van der Waals surface area (Å²) >= 11 is 0. The van der Waals surface area contributed by atoms with Crippen molar-refractivity contribution < 1.29 is 8.42 Å². The van der Waals surface area contributed by atoms with E-state index >= 15 is 0 Å². The number of nitrogens with one attached hydrogen (secondary N) is 1. The molecule has 0 radical (unpaired) electrons. The van der Waals surface area contributed by atoms with Gasteiger partial charge < -0.3 is 0 Å². The number of amidine groups is 1. The molecule has 1 heterocycles. The smallest absolute Gasteiger partial charge is 0.281 e. The van der Waals surface area contributed by atoms with Crippen LogP contribution in [0.25, 0.3) is 0 Å². The SMILES string of the molecule is N=C1C=CS(=O)(=O)N=N1. The minimum absolute atomic E-state index is 0.148. The molecule has 48 valence electrons. The van der Waals surface area contributed by atoms with Crippen molar-refractivity contribution >= 4 is 15.9 Å². The first kappa shape index (κ1) is 6.09. The summed E-state index contributed by atoms with van der Waals surface area (Å²) < 4.78 is 23.5. The first-order chi connectivity index (χ1) is 4.10. The zero-order valence-electron chi connectivity index (χ0n) is 4.27. The predicted molar refractivity (Wildman–Crippen MR) is 30.6 cm³/mol. The van der Waals surface area contributed by atoms with Crippen LogP contribution >= 0.6 is 0 Å². The second kappa shape index (κ2) is 1.73. The van der Waals surface area contributed by atoms with Crippen LogP contribution in [0.2, 0.25) is 0 Å². The molecule has 0 aliphatic carbocycles. The van der Waals surface area contributed by atoms with Crippen LogP contribution < -0.4 is 0 Å². The van der Waals surface area contributed by atoms with Crippen molar-refractivity contribution in [1.29, 1.82) is 5.41 Å². The van der Waals surface area contributed by atoms with Crippen LogP contribution in [0.3, 0.4) is 0 Å². The maximum atomic E-state index is 10.4. The second-order valence-electron chi connectivity index (χ2n) is 1.38. The third kappa shape index (κ3) is 1.43. The maximum Gasteiger partial charge on any atom is 0.293 e. The fraction of sp³-hybridized carbons (Fsp3) is 0. The zero-order chi connectivity index (χ0) is 6.91. The van der Waals surface area contributed by atoms with Crippen LogP contribution in [0, 0.1) is 5.41 Å². The molecule has 1 aliphatic heterocycles. The van der Waals surface area contributed by atoms with E-state index in [1.165, 1.54) is 0 Å². The predicted octanol–water partition coefficient (Wildman–Crippen LogP) is 0.273. The third-order valence-corrected chi connectivity index (χ3v) is 1.45. The Labute approximate surface area is 51.7 Å². The minimum atomic E-state index is -3.48. The Balaban J connectivity index is 3.10. The summed E-state index contributed by atoms with van der Waals surface area (Å²) in [5.41, 5.74) is 0. The second-order valence-corrected chi connectivity index (χ2v) is 2.85. The molecule has 0 bridgehead atoms. The van der Waals surface area contributed by atoms with Crippen molar-refractivity contribution in [1.82, 2.24) is 0 Å². The fourth-order valence-electron chi connectivity index (χ4n) is 0.312. The van der Waals surface area contributed by atoms with Crippen LogP contribution in [-0.4, -0.2) is 14.3 Å². The molecule has 0 saturated carbocycles. The molecular formula is C3H3N3O2S. The average molecular weight is 145 g/mol. The van der Waals surface area contributed by atoms with Crippen LogP contribution in [0.1, 0.15) is 0 Å². The van der Waals surface area contributed by atoms with Crippen molar-refractivity contribution in [3.63, 3.8) is 0 Å². The highest BCUT2D eigenvalue weighted by molar-refractivity contribution is 7.92. The highest BCUT2D eigenvalue weighted by Crippen LogP contribution is 2.02. The third-order valence-electron chi connectivity index (χ3n) is 0.660. The molecule has 0 aromatic carbocycles. The first-order valence-electron chi connectivity index (χ1n) is 2.05. The quantitative estimate of drug-likeness (QED) is 0.530. The van der Waals surface area contributed by atoms with Crippen LogP contribution in [0.5, 0.6) is 0 Å². The van der Waals surface area contributed by atoms with Gasteiger partial charge in [0.25, 0.3) is 10.0 Å². The Hall–Kier alpha value is -1.04. The topological polar surface area (TPSA) is 82.7 Å². The summed E-state index contributed by atoms with van der Waals surface area (Å²) in [6, 6.07) is 0. The number of hydrogen-bond donors (Lipinski definition) is 1. The van der Waals surface area contributed by atoms with E-state index in [0.717, 1.165) is 11.5 Å². The molecule has 0 fully saturated rings. The number of hydrogen-bond acceptors (Lipinski definition) is 3. The Morgan fingerprint density at radius 3 is 2.56 bits per heavy atom. The highest BCUT2D eigenvalue weighted by Gasteiger charge is 2.06. The van der Waals surface area contributed by atoms with E-state index in [1.54, 1.807) is 0 Å². The Bertz CT molecular complexity index is 264. The molecule has 0 aromatic rings. The van der Waals surface area contributed by atoms with Gasteiger partial charge >= 0.3 is 0 Å². The van der Waals surface area contributed by atoms with Gasteiger partial charge in [0.05, 0.1) is 5.41 Å². The van der Waals surface area contributed by atoms with Crippen molar-refractivity contribution in [3.8, 4) is 0 Å². The van der Waals surface area contributed by atoms with Gasteiger partial charge in [0.1, 0.15) is 0 Å². The van der Waals surface area contributed by atoms with Crippen LogP contribution in [-0.2, 0) is 10.0 Å². The molecule has 9 heavy (non-hydrogen) atoms. The lowest BCUT2D eigenvalue weighted by Gasteiger charge is -1.91. The summed E-state index contributed by atoms with van der Waals surface area (Å²) in [7, 11) is -3.48. The van der Waals surface area contributed by atoms with Crippen molar-refractivity contribution in [2.24, 2.45) is 9.63 Å². The van der Waals surface area contributed by atoms with Gasteiger partial charge in [0.15, 0.2) is 5.84 Å². The molecule has 1 rings (SSSR count). The zero-order valence-corrected chi connectivity index (χ0v) is 5.09. The van der Waals surface area contributed by atoms with Gasteiger partial charge in [0, 0.05) is 0 Å². The van der Waals surface area contributed by atoms with E-state index in [2.05, 4.69) is 9.63 Å². The standard InChI is InChI=1S/C3H3N3O2S/c4-3-1-2-9(7,8)6-5-3/h1-2,4H. The van der Waals surface area contributed by atoms with Gasteiger partial charge in [0.2, 0.25) is 0 Å². The molecule has 0 amide bonds. The molecular weight excluding hydrogens is 142 g/mol. The van der Waals surface area contributed by atoms with Gasteiger partial charge in [-0.3, -0.25) is 5.41 Å². The highest BCUT2D eigenvalue weighted by atomic mass is 32.2. The molecule has 1 N–H and O–H groups in total. The normalized spacial score (nSPS) is 22.4. The van der Waals surface area contributed by atoms with Gasteiger partial charge in [-0.2, -0.15) is 8.42 Å².